The summed E-state index contributed by atoms with van der Waals surface area (Å²) in [5.74, 6) is 0. The van der Waals surface area contributed by atoms with Crippen LogP contribution in [-0.2, 0) is 23.1 Å². The molecule has 1 aliphatic heterocycles. The Morgan fingerprint density at radius 1 is 0.962 bits per heavy atom. The summed E-state index contributed by atoms with van der Waals surface area (Å²) in [5.41, 5.74) is 2.03. The maximum atomic E-state index is 13.0. The summed E-state index contributed by atoms with van der Waals surface area (Å²) in [6, 6.07) is 15.8. The number of piperidine rings is 1. The van der Waals surface area contributed by atoms with Crippen molar-refractivity contribution in [1.82, 2.24) is 9.62 Å². The smallest absolute Gasteiger partial charge is 0.243 e. The number of hydrogen-bond donors (Lipinski definition) is 1. The number of nitrogens with one attached hydrogen (secondary N) is 1. The van der Waals surface area contributed by atoms with Gasteiger partial charge in [0.05, 0.1) is 4.90 Å². The molecule has 1 aliphatic rings. The average Bonchev–Trinajstić information content (AvgIpc) is 2.69. The molecule has 26 heavy (non-hydrogen) atoms. The van der Waals surface area contributed by atoms with Crippen LogP contribution in [0.2, 0.25) is 0 Å². The van der Waals surface area contributed by atoms with Crippen LogP contribution in [-0.4, -0.2) is 32.1 Å². The zero-order valence-electron chi connectivity index (χ0n) is 15.1. The van der Waals surface area contributed by atoms with Crippen molar-refractivity contribution in [1.29, 1.82) is 0 Å². The van der Waals surface area contributed by atoms with E-state index in [1.54, 1.807) is 22.1 Å². The van der Waals surface area contributed by atoms with E-state index < -0.39 is 10.0 Å². The molecule has 0 saturated carbocycles. The van der Waals surface area contributed by atoms with E-state index in [4.69, 9.17) is 0 Å². The molecule has 0 bridgehead atoms. The molecule has 3 rings (SSSR count). The molecule has 6 heteroatoms. The molecule has 0 unspecified atom stereocenters. The molecule has 0 atom stereocenters. The highest BCUT2D eigenvalue weighted by Crippen LogP contribution is 2.23. The lowest BCUT2D eigenvalue weighted by Crippen LogP contribution is -2.36. The molecule has 1 heterocycles. The molecular formula is C20H26N2O2S2. The molecule has 4 nitrogen and oxygen atoms in total. The second kappa shape index (κ2) is 9.04. The monoisotopic (exact) mass is 390 g/mol. The van der Waals surface area contributed by atoms with Crippen LogP contribution < -0.4 is 5.32 Å². The van der Waals surface area contributed by atoms with Gasteiger partial charge in [-0.15, -0.1) is 11.8 Å². The van der Waals surface area contributed by atoms with Crippen LogP contribution in [0.4, 0.5) is 0 Å². The highest BCUT2D eigenvalue weighted by Gasteiger charge is 2.27. The maximum Gasteiger partial charge on any atom is 0.243 e. The fraction of sp³-hybridized carbons (Fsp3) is 0.400. The topological polar surface area (TPSA) is 49.4 Å². The van der Waals surface area contributed by atoms with E-state index >= 15 is 0 Å². The van der Waals surface area contributed by atoms with E-state index in [2.05, 4.69) is 35.8 Å². The molecule has 0 spiro atoms. The van der Waals surface area contributed by atoms with E-state index in [9.17, 15) is 8.42 Å². The van der Waals surface area contributed by atoms with Crippen LogP contribution in [0, 0.1) is 0 Å². The van der Waals surface area contributed by atoms with E-state index in [-0.39, 0.29) is 0 Å². The Morgan fingerprint density at radius 3 is 2.35 bits per heavy atom. The first-order chi connectivity index (χ1) is 12.6. The summed E-state index contributed by atoms with van der Waals surface area (Å²) < 4.78 is 27.7. The minimum Gasteiger partial charge on any atom is -0.309 e. The first kappa shape index (κ1) is 19.4. The highest BCUT2D eigenvalue weighted by atomic mass is 32.2. The van der Waals surface area contributed by atoms with E-state index in [0.29, 0.717) is 31.1 Å². The Bertz CT molecular complexity index is 814. The second-order valence-corrected chi connectivity index (χ2v) is 9.31. The second-order valence-electron chi connectivity index (χ2n) is 6.52. The Hall–Kier alpha value is -1.34. The third-order valence-electron chi connectivity index (χ3n) is 4.71. The van der Waals surface area contributed by atoms with Crippen LogP contribution in [0.15, 0.2) is 58.3 Å². The van der Waals surface area contributed by atoms with Crippen LogP contribution >= 0.6 is 11.8 Å². The van der Waals surface area contributed by atoms with Crippen molar-refractivity contribution in [3.8, 4) is 0 Å². The van der Waals surface area contributed by atoms with Crippen molar-refractivity contribution in [3.63, 3.8) is 0 Å². The number of rotatable bonds is 7. The van der Waals surface area contributed by atoms with Gasteiger partial charge in [-0.1, -0.05) is 36.8 Å². The van der Waals surface area contributed by atoms with Gasteiger partial charge in [0.25, 0.3) is 0 Å². The lowest BCUT2D eigenvalue weighted by atomic mass is 10.2. The Balaban J connectivity index is 1.68. The third-order valence-corrected chi connectivity index (χ3v) is 7.45. The molecule has 1 fully saturated rings. The number of thioether (sulfide) groups is 1. The summed E-state index contributed by atoms with van der Waals surface area (Å²) in [6.07, 6.45) is 5.08. The number of sulfonamides is 1. The summed E-state index contributed by atoms with van der Waals surface area (Å²) in [7, 11) is -3.41. The minimum atomic E-state index is -3.41. The lowest BCUT2D eigenvalue weighted by Gasteiger charge is -2.26. The van der Waals surface area contributed by atoms with Gasteiger partial charge in [0, 0.05) is 31.1 Å². The van der Waals surface area contributed by atoms with Crippen molar-refractivity contribution in [3.05, 3.63) is 59.7 Å². The normalized spacial score (nSPS) is 15.9. The van der Waals surface area contributed by atoms with Gasteiger partial charge in [-0.3, -0.25) is 0 Å². The predicted molar refractivity (Wildman–Crippen MR) is 108 cm³/mol. The molecule has 2 aromatic rings. The largest absolute Gasteiger partial charge is 0.309 e. The van der Waals surface area contributed by atoms with E-state index in [1.165, 1.54) is 10.5 Å². The van der Waals surface area contributed by atoms with Gasteiger partial charge >= 0.3 is 0 Å². The maximum absolute atomic E-state index is 13.0. The molecule has 0 aliphatic carbocycles. The Labute approximate surface area is 161 Å². The molecule has 1 saturated heterocycles. The fourth-order valence-corrected chi connectivity index (χ4v) is 5.38. The minimum absolute atomic E-state index is 0.437. The molecule has 1 N–H and O–H groups in total. The molecule has 2 aromatic carbocycles. The van der Waals surface area contributed by atoms with Crippen molar-refractivity contribution < 1.29 is 8.42 Å². The van der Waals surface area contributed by atoms with Crippen molar-refractivity contribution in [2.24, 2.45) is 0 Å². The van der Waals surface area contributed by atoms with Gasteiger partial charge in [-0.2, -0.15) is 4.31 Å². The van der Waals surface area contributed by atoms with E-state index in [0.717, 1.165) is 24.8 Å². The summed E-state index contributed by atoms with van der Waals surface area (Å²) in [5, 5.41) is 3.38. The van der Waals surface area contributed by atoms with Crippen LogP contribution in [0.3, 0.4) is 0 Å². The van der Waals surface area contributed by atoms with E-state index in [1.807, 2.05) is 18.2 Å². The fourth-order valence-electron chi connectivity index (χ4n) is 3.23. The van der Waals surface area contributed by atoms with Gasteiger partial charge in [0.15, 0.2) is 0 Å². The number of nitrogens with zero attached hydrogens (tertiary/aromatic N) is 1. The SMILES string of the molecule is CSc1ccc(CNCc2ccccc2S(=O)(=O)N2CCCCC2)cc1. The van der Waals surface area contributed by atoms with Crippen molar-refractivity contribution in [2.75, 3.05) is 19.3 Å². The summed E-state index contributed by atoms with van der Waals surface area (Å²) >= 11 is 1.72. The first-order valence-electron chi connectivity index (χ1n) is 9.03. The van der Waals surface area contributed by atoms with Crippen molar-refractivity contribution in [2.45, 2.75) is 42.1 Å². The average molecular weight is 391 g/mol. The van der Waals surface area contributed by atoms with Crippen LogP contribution in [0.25, 0.3) is 0 Å². The van der Waals surface area contributed by atoms with Gasteiger partial charge < -0.3 is 5.32 Å². The van der Waals surface area contributed by atoms with Gasteiger partial charge in [-0.25, -0.2) is 8.42 Å². The van der Waals surface area contributed by atoms with Crippen molar-refractivity contribution >= 4 is 21.8 Å². The molecular weight excluding hydrogens is 364 g/mol. The van der Waals surface area contributed by atoms with Gasteiger partial charge in [0.1, 0.15) is 0 Å². The van der Waals surface area contributed by atoms with Crippen LogP contribution in [0.1, 0.15) is 30.4 Å². The van der Waals surface area contributed by atoms with Crippen LogP contribution in [0.5, 0.6) is 0 Å². The highest BCUT2D eigenvalue weighted by molar-refractivity contribution is 7.98. The standard InChI is InChI=1S/C20H26N2O2S2/c1-25-19-11-9-17(10-12-19)15-21-16-18-7-3-4-8-20(18)26(23,24)22-13-5-2-6-14-22/h3-4,7-12,21H,2,5-6,13-16H2,1H3. The Morgan fingerprint density at radius 2 is 1.65 bits per heavy atom. The quantitative estimate of drug-likeness (QED) is 0.729. The third kappa shape index (κ3) is 4.68. The molecule has 140 valence electrons. The predicted octanol–water partition coefficient (Wildman–Crippen LogP) is 3.87. The first-order valence-corrected chi connectivity index (χ1v) is 11.7. The molecule has 0 aromatic heterocycles. The molecule has 0 radical (unpaired) electrons. The molecule has 0 amide bonds. The number of hydrogen-bond acceptors (Lipinski definition) is 4. The lowest BCUT2D eigenvalue weighted by molar-refractivity contribution is 0.346. The Kier molecular flexibility index (Phi) is 6.75. The zero-order chi connectivity index (χ0) is 18.4. The van der Waals surface area contributed by atoms with Gasteiger partial charge in [-0.05, 0) is 48.4 Å². The van der Waals surface area contributed by atoms with Gasteiger partial charge in [0.2, 0.25) is 10.0 Å². The zero-order valence-corrected chi connectivity index (χ0v) is 16.8. The summed E-state index contributed by atoms with van der Waals surface area (Å²) in [4.78, 5) is 1.68. The summed E-state index contributed by atoms with van der Waals surface area (Å²) in [6.45, 7) is 2.51. The number of benzene rings is 2.